The predicted octanol–water partition coefficient (Wildman–Crippen LogP) is 2.91. The van der Waals surface area contributed by atoms with Crippen molar-refractivity contribution < 1.29 is 4.74 Å². The number of para-hydroxylation sites is 2. The van der Waals surface area contributed by atoms with Crippen LogP contribution >= 0.6 is 12.2 Å². The van der Waals surface area contributed by atoms with Crippen molar-refractivity contribution in [2.75, 3.05) is 5.32 Å². The van der Waals surface area contributed by atoms with Crippen molar-refractivity contribution in [3.8, 4) is 5.75 Å². The van der Waals surface area contributed by atoms with E-state index in [0.717, 1.165) is 24.3 Å². The summed E-state index contributed by atoms with van der Waals surface area (Å²) in [6.07, 6.45) is 2.33. The molecule has 0 aliphatic rings. The highest BCUT2D eigenvalue weighted by atomic mass is 32.1. The minimum atomic E-state index is 0.194. The summed E-state index contributed by atoms with van der Waals surface area (Å²) in [4.78, 5) is 0. The number of nitrogens with two attached hydrogens (primary N) is 1. The van der Waals surface area contributed by atoms with Crippen LogP contribution in [-0.2, 0) is 0 Å². The highest BCUT2D eigenvalue weighted by Crippen LogP contribution is 2.25. The summed E-state index contributed by atoms with van der Waals surface area (Å²) in [6.45, 7) is 4.19. The maximum Gasteiger partial charge on any atom is 0.168 e. The summed E-state index contributed by atoms with van der Waals surface area (Å²) in [5.74, 6) is 0.788. The largest absolute Gasteiger partial charge is 0.489 e. The zero-order valence-electron chi connectivity index (χ0n) is 9.69. The highest BCUT2D eigenvalue weighted by Gasteiger charge is 2.07. The van der Waals surface area contributed by atoms with E-state index in [4.69, 9.17) is 22.7 Å². The Hall–Kier alpha value is -1.29. The normalized spacial score (nSPS) is 11.9. The summed E-state index contributed by atoms with van der Waals surface area (Å²) >= 11 is 4.81. The monoisotopic (exact) mass is 238 g/mol. The summed E-state index contributed by atoms with van der Waals surface area (Å²) in [5, 5.41) is 3.15. The standard InChI is InChI=1S/C12H18N2OS/c1-3-6-9(2)15-11-8-5-4-7-10(11)14-12(13)16/h4-5,7-9H,3,6H2,1-2H3,(H3,13,14,16). The lowest BCUT2D eigenvalue weighted by molar-refractivity contribution is 0.211. The first-order chi connectivity index (χ1) is 7.63. The molecular weight excluding hydrogens is 220 g/mol. The fourth-order valence-electron chi connectivity index (χ4n) is 1.49. The second kappa shape index (κ2) is 6.33. The molecule has 1 unspecified atom stereocenters. The van der Waals surface area contributed by atoms with Gasteiger partial charge in [0, 0.05) is 0 Å². The molecule has 0 bridgehead atoms. The van der Waals surface area contributed by atoms with E-state index < -0.39 is 0 Å². The van der Waals surface area contributed by atoms with Crippen molar-refractivity contribution in [2.45, 2.75) is 32.8 Å². The van der Waals surface area contributed by atoms with Crippen LogP contribution in [-0.4, -0.2) is 11.2 Å². The number of benzene rings is 1. The van der Waals surface area contributed by atoms with Gasteiger partial charge in [-0.15, -0.1) is 0 Å². The lowest BCUT2D eigenvalue weighted by atomic mass is 10.2. The van der Waals surface area contributed by atoms with E-state index >= 15 is 0 Å². The number of rotatable bonds is 5. The molecule has 0 fully saturated rings. The molecule has 1 atom stereocenters. The molecule has 0 heterocycles. The van der Waals surface area contributed by atoms with Crippen molar-refractivity contribution in [1.82, 2.24) is 0 Å². The molecule has 0 saturated carbocycles. The first-order valence-electron chi connectivity index (χ1n) is 5.45. The molecule has 4 heteroatoms. The van der Waals surface area contributed by atoms with Gasteiger partial charge in [0.2, 0.25) is 0 Å². The molecule has 16 heavy (non-hydrogen) atoms. The molecule has 3 N–H and O–H groups in total. The molecule has 0 aliphatic heterocycles. The third-order valence-corrected chi connectivity index (χ3v) is 2.27. The molecule has 0 saturated heterocycles. The van der Waals surface area contributed by atoms with Crippen LogP contribution in [0.3, 0.4) is 0 Å². The van der Waals surface area contributed by atoms with E-state index in [2.05, 4.69) is 19.2 Å². The SMILES string of the molecule is CCCC(C)Oc1ccccc1NC(N)=S. The second-order valence-corrected chi connectivity index (χ2v) is 4.14. The molecule has 1 aromatic rings. The molecule has 1 aromatic carbocycles. The van der Waals surface area contributed by atoms with Crippen molar-refractivity contribution in [2.24, 2.45) is 5.73 Å². The van der Waals surface area contributed by atoms with Crippen LogP contribution in [0.5, 0.6) is 5.75 Å². The van der Waals surface area contributed by atoms with Crippen LogP contribution in [0, 0.1) is 0 Å². The number of hydrogen-bond donors (Lipinski definition) is 2. The van der Waals surface area contributed by atoms with E-state index in [1.165, 1.54) is 0 Å². The number of ether oxygens (including phenoxy) is 1. The molecular formula is C12H18N2OS. The number of nitrogens with one attached hydrogen (secondary N) is 1. The van der Waals surface area contributed by atoms with Crippen LogP contribution in [0.2, 0.25) is 0 Å². The van der Waals surface area contributed by atoms with Gasteiger partial charge in [-0.3, -0.25) is 0 Å². The van der Waals surface area contributed by atoms with Gasteiger partial charge in [-0.2, -0.15) is 0 Å². The van der Waals surface area contributed by atoms with Crippen molar-refractivity contribution in [3.05, 3.63) is 24.3 Å². The first-order valence-corrected chi connectivity index (χ1v) is 5.86. The third kappa shape index (κ3) is 4.06. The smallest absolute Gasteiger partial charge is 0.168 e. The van der Waals surface area contributed by atoms with Crippen LogP contribution in [0.1, 0.15) is 26.7 Å². The van der Waals surface area contributed by atoms with Crippen LogP contribution < -0.4 is 15.8 Å². The Morgan fingerprint density at radius 2 is 2.19 bits per heavy atom. The van der Waals surface area contributed by atoms with Crippen LogP contribution in [0.15, 0.2) is 24.3 Å². The zero-order chi connectivity index (χ0) is 12.0. The molecule has 88 valence electrons. The first kappa shape index (κ1) is 12.8. The summed E-state index contributed by atoms with van der Waals surface area (Å²) in [7, 11) is 0. The van der Waals surface area contributed by atoms with Gasteiger partial charge in [0.05, 0.1) is 11.8 Å². The van der Waals surface area contributed by atoms with Gasteiger partial charge in [0.25, 0.3) is 0 Å². The Morgan fingerprint density at radius 1 is 1.50 bits per heavy atom. The molecule has 0 radical (unpaired) electrons. The van der Waals surface area contributed by atoms with Gasteiger partial charge in [-0.25, -0.2) is 0 Å². The highest BCUT2D eigenvalue weighted by molar-refractivity contribution is 7.80. The Bertz CT molecular complexity index is 355. The summed E-state index contributed by atoms with van der Waals surface area (Å²) in [5.41, 5.74) is 6.27. The molecule has 0 aromatic heterocycles. The summed E-state index contributed by atoms with van der Waals surface area (Å²) < 4.78 is 5.81. The van der Waals surface area contributed by atoms with Gasteiger partial charge < -0.3 is 15.8 Å². The van der Waals surface area contributed by atoms with Crippen molar-refractivity contribution >= 4 is 23.0 Å². The molecule has 1 rings (SSSR count). The minimum absolute atomic E-state index is 0.194. The van der Waals surface area contributed by atoms with E-state index in [1.54, 1.807) is 0 Å². The quantitative estimate of drug-likeness (QED) is 0.774. The van der Waals surface area contributed by atoms with Crippen LogP contribution in [0.25, 0.3) is 0 Å². The molecule has 3 nitrogen and oxygen atoms in total. The summed E-state index contributed by atoms with van der Waals surface area (Å²) in [6, 6.07) is 7.65. The topological polar surface area (TPSA) is 47.3 Å². The van der Waals surface area contributed by atoms with E-state index in [0.29, 0.717) is 0 Å². The fourth-order valence-corrected chi connectivity index (χ4v) is 1.60. The minimum Gasteiger partial charge on any atom is -0.489 e. The maximum atomic E-state index is 5.81. The Labute approximate surface area is 102 Å². The van der Waals surface area contributed by atoms with Gasteiger partial charge in [-0.1, -0.05) is 25.5 Å². The zero-order valence-corrected chi connectivity index (χ0v) is 10.5. The van der Waals surface area contributed by atoms with Gasteiger partial charge in [-0.05, 0) is 37.7 Å². The molecule has 0 aliphatic carbocycles. The Kier molecular flexibility index (Phi) is 5.05. The van der Waals surface area contributed by atoms with E-state index in [-0.39, 0.29) is 11.2 Å². The van der Waals surface area contributed by atoms with Gasteiger partial charge >= 0.3 is 0 Å². The van der Waals surface area contributed by atoms with Gasteiger partial charge in [0.1, 0.15) is 5.75 Å². The molecule has 0 spiro atoms. The van der Waals surface area contributed by atoms with E-state index in [9.17, 15) is 0 Å². The average molecular weight is 238 g/mol. The van der Waals surface area contributed by atoms with Crippen LogP contribution in [0.4, 0.5) is 5.69 Å². The lowest BCUT2D eigenvalue weighted by Crippen LogP contribution is -2.20. The second-order valence-electron chi connectivity index (χ2n) is 3.70. The fraction of sp³-hybridized carbons (Fsp3) is 0.417. The Balaban J connectivity index is 2.74. The number of hydrogen-bond acceptors (Lipinski definition) is 2. The van der Waals surface area contributed by atoms with E-state index in [1.807, 2.05) is 24.3 Å². The maximum absolute atomic E-state index is 5.81. The van der Waals surface area contributed by atoms with Gasteiger partial charge in [0.15, 0.2) is 5.11 Å². The van der Waals surface area contributed by atoms with Crippen molar-refractivity contribution in [1.29, 1.82) is 0 Å². The van der Waals surface area contributed by atoms with Crippen molar-refractivity contribution in [3.63, 3.8) is 0 Å². The molecule has 0 amide bonds. The third-order valence-electron chi connectivity index (χ3n) is 2.17. The number of anilines is 1. The Morgan fingerprint density at radius 3 is 2.81 bits per heavy atom. The number of thiocarbonyl (C=S) groups is 1. The average Bonchev–Trinajstić information content (AvgIpc) is 2.20. The predicted molar refractivity (Wildman–Crippen MR) is 71.8 cm³/mol. The lowest BCUT2D eigenvalue weighted by Gasteiger charge is -2.17.